The molecule has 1 aromatic heterocycles. The standard InChI is InChI=1S/C10H7ClOS/c11-9-4-5-13-10(9)7-2-1-3-8(12)6-7/h1-6,12H. The van der Waals surface area contributed by atoms with Gasteiger partial charge in [0.1, 0.15) is 5.75 Å². The third-order valence-electron chi connectivity index (χ3n) is 1.73. The molecule has 0 saturated carbocycles. The van der Waals surface area contributed by atoms with Gasteiger partial charge in [0, 0.05) is 0 Å². The lowest BCUT2D eigenvalue weighted by Crippen LogP contribution is -1.72. The maximum Gasteiger partial charge on any atom is 0.116 e. The molecule has 1 heterocycles. The van der Waals surface area contributed by atoms with Gasteiger partial charge in [0.25, 0.3) is 0 Å². The Kier molecular flexibility index (Phi) is 2.25. The van der Waals surface area contributed by atoms with Crippen LogP contribution in [-0.2, 0) is 0 Å². The molecule has 13 heavy (non-hydrogen) atoms. The summed E-state index contributed by atoms with van der Waals surface area (Å²) in [6.07, 6.45) is 0. The number of hydrogen-bond donors (Lipinski definition) is 1. The van der Waals surface area contributed by atoms with Crippen molar-refractivity contribution in [1.82, 2.24) is 0 Å². The summed E-state index contributed by atoms with van der Waals surface area (Å²) in [6.45, 7) is 0. The summed E-state index contributed by atoms with van der Waals surface area (Å²) in [5.41, 5.74) is 0.958. The van der Waals surface area contributed by atoms with Gasteiger partial charge in [-0.05, 0) is 29.1 Å². The number of benzene rings is 1. The zero-order valence-corrected chi connectivity index (χ0v) is 8.27. The van der Waals surface area contributed by atoms with Crippen LogP contribution in [0.4, 0.5) is 0 Å². The van der Waals surface area contributed by atoms with Crippen LogP contribution < -0.4 is 0 Å². The minimum absolute atomic E-state index is 0.266. The number of phenols is 1. The van der Waals surface area contributed by atoms with E-state index in [9.17, 15) is 5.11 Å². The fourth-order valence-corrected chi connectivity index (χ4v) is 2.31. The van der Waals surface area contributed by atoms with Crippen LogP contribution in [-0.4, -0.2) is 5.11 Å². The smallest absolute Gasteiger partial charge is 0.116 e. The molecule has 1 nitrogen and oxygen atoms in total. The predicted octanol–water partition coefficient (Wildman–Crippen LogP) is 3.77. The summed E-state index contributed by atoms with van der Waals surface area (Å²) >= 11 is 7.52. The van der Waals surface area contributed by atoms with Crippen molar-refractivity contribution in [2.75, 3.05) is 0 Å². The molecule has 2 aromatic rings. The lowest BCUT2D eigenvalue weighted by atomic mass is 10.2. The molecule has 0 saturated heterocycles. The molecule has 2 rings (SSSR count). The van der Waals surface area contributed by atoms with E-state index in [0.29, 0.717) is 0 Å². The van der Waals surface area contributed by atoms with Gasteiger partial charge in [0.15, 0.2) is 0 Å². The van der Waals surface area contributed by atoms with Gasteiger partial charge in [-0.25, -0.2) is 0 Å². The van der Waals surface area contributed by atoms with Gasteiger partial charge < -0.3 is 5.11 Å². The van der Waals surface area contributed by atoms with E-state index in [-0.39, 0.29) is 5.75 Å². The van der Waals surface area contributed by atoms with Gasteiger partial charge in [-0.15, -0.1) is 11.3 Å². The average Bonchev–Trinajstić information content (AvgIpc) is 2.51. The quantitative estimate of drug-likeness (QED) is 0.760. The lowest BCUT2D eigenvalue weighted by Gasteiger charge is -1.98. The summed E-state index contributed by atoms with van der Waals surface area (Å²) in [5, 5.41) is 11.9. The van der Waals surface area contributed by atoms with E-state index >= 15 is 0 Å². The Bertz CT molecular complexity index is 422. The minimum Gasteiger partial charge on any atom is -0.508 e. The average molecular weight is 211 g/mol. The number of halogens is 1. The molecule has 66 valence electrons. The minimum atomic E-state index is 0.266. The van der Waals surface area contributed by atoms with Crippen molar-refractivity contribution in [3.05, 3.63) is 40.7 Å². The molecule has 0 aliphatic carbocycles. The van der Waals surface area contributed by atoms with E-state index in [1.807, 2.05) is 17.5 Å². The van der Waals surface area contributed by atoms with Crippen molar-refractivity contribution < 1.29 is 5.11 Å². The molecule has 0 fully saturated rings. The first kappa shape index (κ1) is 8.60. The Morgan fingerprint density at radius 1 is 1.23 bits per heavy atom. The Labute approximate surface area is 85.2 Å². The Balaban J connectivity index is 2.53. The number of aromatic hydroxyl groups is 1. The highest BCUT2D eigenvalue weighted by Crippen LogP contribution is 2.34. The van der Waals surface area contributed by atoms with Crippen LogP contribution in [0.2, 0.25) is 5.02 Å². The van der Waals surface area contributed by atoms with Crippen molar-refractivity contribution in [2.24, 2.45) is 0 Å². The zero-order chi connectivity index (χ0) is 9.26. The Morgan fingerprint density at radius 2 is 2.08 bits per heavy atom. The van der Waals surface area contributed by atoms with Crippen molar-refractivity contribution >= 4 is 22.9 Å². The zero-order valence-electron chi connectivity index (χ0n) is 6.70. The first-order valence-electron chi connectivity index (χ1n) is 3.80. The van der Waals surface area contributed by atoms with Crippen LogP contribution >= 0.6 is 22.9 Å². The fourth-order valence-electron chi connectivity index (χ4n) is 1.15. The molecular weight excluding hydrogens is 204 g/mol. The molecule has 0 atom stereocenters. The Morgan fingerprint density at radius 3 is 2.69 bits per heavy atom. The van der Waals surface area contributed by atoms with Crippen LogP contribution in [0.15, 0.2) is 35.7 Å². The van der Waals surface area contributed by atoms with Gasteiger partial charge in [-0.1, -0.05) is 23.7 Å². The largest absolute Gasteiger partial charge is 0.508 e. The fraction of sp³-hybridized carbons (Fsp3) is 0. The maximum atomic E-state index is 9.26. The molecular formula is C10H7ClOS. The monoisotopic (exact) mass is 210 g/mol. The Hall–Kier alpha value is -0.990. The second kappa shape index (κ2) is 3.40. The van der Waals surface area contributed by atoms with Crippen molar-refractivity contribution in [2.45, 2.75) is 0 Å². The van der Waals surface area contributed by atoms with E-state index in [2.05, 4.69) is 0 Å². The summed E-state index contributed by atoms with van der Waals surface area (Å²) in [6, 6.07) is 8.94. The molecule has 0 amide bonds. The van der Waals surface area contributed by atoms with Gasteiger partial charge in [0.05, 0.1) is 9.90 Å². The third kappa shape index (κ3) is 1.69. The highest BCUT2D eigenvalue weighted by atomic mass is 35.5. The van der Waals surface area contributed by atoms with Gasteiger partial charge in [-0.2, -0.15) is 0 Å². The molecule has 3 heteroatoms. The lowest BCUT2D eigenvalue weighted by molar-refractivity contribution is 0.475. The van der Waals surface area contributed by atoms with Crippen LogP contribution in [0.25, 0.3) is 10.4 Å². The summed E-state index contributed by atoms with van der Waals surface area (Å²) in [7, 11) is 0. The number of thiophene rings is 1. The third-order valence-corrected chi connectivity index (χ3v) is 3.12. The van der Waals surface area contributed by atoms with E-state index in [0.717, 1.165) is 15.5 Å². The topological polar surface area (TPSA) is 20.2 Å². The second-order valence-corrected chi connectivity index (χ2v) is 3.97. The molecule has 0 spiro atoms. The molecule has 0 radical (unpaired) electrons. The summed E-state index contributed by atoms with van der Waals surface area (Å²) in [5.74, 6) is 0.266. The SMILES string of the molecule is Oc1cccc(-c2sccc2Cl)c1. The molecule has 0 unspecified atom stereocenters. The van der Waals surface area contributed by atoms with Gasteiger partial charge in [-0.3, -0.25) is 0 Å². The van der Waals surface area contributed by atoms with Crippen molar-refractivity contribution in [1.29, 1.82) is 0 Å². The maximum absolute atomic E-state index is 9.26. The van der Waals surface area contributed by atoms with E-state index in [1.54, 1.807) is 29.5 Å². The number of rotatable bonds is 1. The predicted molar refractivity (Wildman–Crippen MR) is 56.4 cm³/mol. The van der Waals surface area contributed by atoms with E-state index in [1.165, 1.54) is 0 Å². The first-order valence-corrected chi connectivity index (χ1v) is 5.05. The molecule has 0 bridgehead atoms. The van der Waals surface area contributed by atoms with Crippen molar-refractivity contribution in [3.8, 4) is 16.2 Å². The molecule has 0 aliphatic heterocycles. The van der Waals surface area contributed by atoms with Crippen molar-refractivity contribution in [3.63, 3.8) is 0 Å². The number of phenolic OH excluding ortho intramolecular Hbond substituents is 1. The summed E-state index contributed by atoms with van der Waals surface area (Å²) in [4.78, 5) is 0.998. The van der Waals surface area contributed by atoms with Crippen LogP contribution in [0.3, 0.4) is 0 Å². The van der Waals surface area contributed by atoms with E-state index < -0.39 is 0 Å². The highest BCUT2D eigenvalue weighted by Gasteiger charge is 2.04. The van der Waals surface area contributed by atoms with Crippen LogP contribution in [0.1, 0.15) is 0 Å². The first-order chi connectivity index (χ1) is 6.27. The van der Waals surface area contributed by atoms with E-state index in [4.69, 9.17) is 11.6 Å². The summed E-state index contributed by atoms with van der Waals surface area (Å²) < 4.78 is 0. The molecule has 1 N–H and O–H groups in total. The molecule has 1 aromatic carbocycles. The second-order valence-electron chi connectivity index (χ2n) is 2.65. The van der Waals surface area contributed by atoms with Crippen LogP contribution in [0, 0.1) is 0 Å². The van der Waals surface area contributed by atoms with Gasteiger partial charge >= 0.3 is 0 Å². The van der Waals surface area contributed by atoms with Gasteiger partial charge in [0.2, 0.25) is 0 Å². The normalized spacial score (nSPS) is 10.2. The highest BCUT2D eigenvalue weighted by molar-refractivity contribution is 7.14. The molecule has 0 aliphatic rings. The van der Waals surface area contributed by atoms with Crippen LogP contribution in [0.5, 0.6) is 5.75 Å². The number of hydrogen-bond acceptors (Lipinski definition) is 2.